The normalized spacial score (nSPS) is 17.9. The van der Waals surface area contributed by atoms with Gasteiger partial charge in [-0.3, -0.25) is 0 Å². The summed E-state index contributed by atoms with van der Waals surface area (Å²) in [6.07, 6.45) is 3.14. The molecule has 0 saturated carbocycles. The Balaban J connectivity index is 2.18. The number of benzene rings is 1. The topological polar surface area (TPSA) is 44.3 Å². The van der Waals surface area contributed by atoms with E-state index in [4.69, 9.17) is 0 Å². The molecular formula is C10H9NO2S2. The second kappa shape index (κ2) is 4.81. The predicted molar refractivity (Wildman–Crippen MR) is 60.3 cm³/mol. The van der Waals surface area contributed by atoms with Crippen molar-refractivity contribution in [1.29, 1.82) is 0 Å². The lowest BCUT2D eigenvalue weighted by Gasteiger charge is -2.01. The lowest BCUT2D eigenvalue weighted by atomic mass is 10.2. The SMILES string of the molecule is COC#CCc1ccc2c(c1)[S+]([O-])NS2. The molecule has 0 aromatic heterocycles. The smallest absolute Gasteiger partial charge is 0.190 e. The molecule has 1 heterocycles. The highest BCUT2D eigenvalue weighted by molar-refractivity contribution is 8.11. The van der Waals surface area contributed by atoms with Crippen LogP contribution in [-0.4, -0.2) is 11.7 Å². The van der Waals surface area contributed by atoms with Crippen molar-refractivity contribution >= 4 is 23.3 Å². The first-order chi connectivity index (χ1) is 7.31. The van der Waals surface area contributed by atoms with E-state index in [0.29, 0.717) is 6.42 Å². The molecule has 0 spiro atoms. The molecule has 1 aliphatic rings. The predicted octanol–water partition coefficient (Wildman–Crippen LogP) is 1.47. The minimum absolute atomic E-state index is 0.614. The fraction of sp³-hybridized carbons (Fsp3) is 0.200. The number of hydrogen-bond acceptors (Lipinski definition) is 4. The highest BCUT2D eigenvalue weighted by Gasteiger charge is 2.25. The molecule has 1 atom stereocenters. The lowest BCUT2D eigenvalue weighted by Crippen LogP contribution is -2.09. The van der Waals surface area contributed by atoms with E-state index in [9.17, 15) is 4.55 Å². The van der Waals surface area contributed by atoms with Crippen LogP contribution in [0.15, 0.2) is 28.0 Å². The molecule has 1 aromatic carbocycles. The highest BCUT2D eigenvalue weighted by atomic mass is 32.3. The van der Waals surface area contributed by atoms with E-state index in [1.165, 1.54) is 19.1 Å². The summed E-state index contributed by atoms with van der Waals surface area (Å²) in [5.41, 5.74) is 1.05. The van der Waals surface area contributed by atoms with Gasteiger partial charge in [-0.05, 0) is 11.6 Å². The molecule has 1 aromatic rings. The van der Waals surface area contributed by atoms with Crippen molar-refractivity contribution in [3.63, 3.8) is 0 Å². The first kappa shape index (κ1) is 10.7. The molecule has 0 aliphatic carbocycles. The Morgan fingerprint density at radius 3 is 3.27 bits per heavy atom. The van der Waals surface area contributed by atoms with Gasteiger partial charge in [-0.25, -0.2) is 0 Å². The molecule has 0 amide bonds. The van der Waals surface area contributed by atoms with Crippen LogP contribution in [0.25, 0.3) is 0 Å². The van der Waals surface area contributed by atoms with Crippen molar-refractivity contribution < 1.29 is 9.29 Å². The second-order valence-corrected chi connectivity index (χ2v) is 5.18. The number of hydrogen-bond donors (Lipinski definition) is 1. The Kier molecular flexibility index (Phi) is 3.44. The Hall–Kier alpha value is -0.800. The van der Waals surface area contributed by atoms with Gasteiger partial charge in [-0.15, -0.1) is 0 Å². The number of fused-ring (bicyclic) bond motifs is 1. The largest absolute Gasteiger partial charge is 0.592 e. The zero-order valence-electron chi connectivity index (χ0n) is 8.07. The van der Waals surface area contributed by atoms with Crippen molar-refractivity contribution in [3.05, 3.63) is 23.8 Å². The van der Waals surface area contributed by atoms with Crippen LogP contribution in [0.5, 0.6) is 0 Å². The van der Waals surface area contributed by atoms with Crippen molar-refractivity contribution in [3.8, 4) is 12.0 Å². The van der Waals surface area contributed by atoms with Gasteiger partial charge in [-0.2, -0.15) is 0 Å². The van der Waals surface area contributed by atoms with Crippen LogP contribution < -0.4 is 4.13 Å². The standard InChI is InChI=1S/C10H9NO2S2/c1-13-6-2-3-8-4-5-9-10(7-8)15(12)11-14-9/h4-5,7,11H,3H2,1H3. The van der Waals surface area contributed by atoms with Crippen LogP contribution in [0.1, 0.15) is 5.56 Å². The molecule has 0 radical (unpaired) electrons. The Bertz CT molecular complexity index is 425. The molecule has 2 rings (SSSR count). The zero-order chi connectivity index (χ0) is 10.7. The zero-order valence-corrected chi connectivity index (χ0v) is 9.71. The van der Waals surface area contributed by atoms with Gasteiger partial charge in [0.25, 0.3) is 0 Å². The second-order valence-electron chi connectivity index (χ2n) is 2.89. The molecule has 15 heavy (non-hydrogen) atoms. The maximum atomic E-state index is 11.5. The van der Waals surface area contributed by atoms with Crippen molar-refractivity contribution in [2.75, 3.05) is 7.11 Å². The average Bonchev–Trinajstić information content (AvgIpc) is 2.61. The van der Waals surface area contributed by atoms with Crippen LogP contribution in [0, 0.1) is 12.0 Å². The van der Waals surface area contributed by atoms with Crippen LogP contribution in [0.3, 0.4) is 0 Å². The monoisotopic (exact) mass is 239 g/mol. The quantitative estimate of drug-likeness (QED) is 0.458. The first-order valence-electron chi connectivity index (χ1n) is 4.29. The third-order valence-corrected chi connectivity index (χ3v) is 4.28. The Morgan fingerprint density at radius 1 is 1.60 bits per heavy atom. The summed E-state index contributed by atoms with van der Waals surface area (Å²) in [5.74, 6) is 2.86. The number of methoxy groups -OCH3 is 1. The molecule has 3 nitrogen and oxygen atoms in total. The summed E-state index contributed by atoms with van der Waals surface area (Å²) in [6, 6.07) is 5.87. The van der Waals surface area contributed by atoms with E-state index in [1.54, 1.807) is 0 Å². The summed E-state index contributed by atoms with van der Waals surface area (Å²) in [7, 11) is 1.53. The number of nitrogens with one attached hydrogen (secondary N) is 1. The maximum Gasteiger partial charge on any atom is 0.190 e. The van der Waals surface area contributed by atoms with E-state index in [2.05, 4.69) is 20.9 Å². The maximum absolute atomic E-state index is 11.5. The average molecular weight is 239 g/mol. The molecule has 0 fully saturated rings. The third kappa shape index (κ3) is 2.41. The molecule has 5 heteroatoms. The molecule has 1 aliphatic heterocycles. The van der Waals surface area contributed by atoms with Crippen LogP contribution >= 0.6 is 11.9 Å². The fourth-order valence-corrected chi connectivity index (χ4v) is 3.41. The van der Waals surface area contributed by atoms with Gasteiger partial charge < -0.3 is 9.29 Å². The molecule has 1 unspecified atom stereocenters. The Morgan fingerprint density at radius 2 is 2.47 bits per heavy atom. The van der Waals surface area contributed by atoms with E-state index in [0.717, 1.165) is 15.4 Å². The van der Waals surface area contributed by atoms with E-state index in [1.807, 2.05) is 18.2 Å². The van der Waals surface area contributed by atoms with Crippen molar-refractivity contribution in [1.82, 2.24) is 4.13 Å². The lowest BCUT2D eigenvalue weighted by molar-refractivity contribution is 0.372. The van der Waals surface area contributed by atoms with E-state index < -0.39 is 11.4 Å². The minimum atomic E-state index is -1.08. The van der Waals surface area contributed by atoms with Crippen LogP contribution in [0.4, 0.5) is 0 Å². The van der Waals surface area contributed by atoms with Crippen molar-refractivity contribution in [2.45, 2.75) is 16.2 Å². The first-order valence-corrected chi connectivity index (χ1v) is 6.26. The van der Waals surface area contributed by atoms with Gasteiger partial charge in [0.2, 0.25) is 0 Å². The van der Waals surface area contributed by atoms with Gasteiger partial charge in [-0.1, -0.05) is 16.1 Å². The van der Waals surface area contributed by atoms with Gasteiger partial charge in [0.15, 0.2) is 4.90 Å². The summed E-state index contributed by atoms with van der Waals surface area (Å²) in [6.45, 7) is 0. The Labute approximate surface area is 96.0 Å². The number of ether oxygens (including phenoxy) is 1. The van der Waals surface area contributed by atoms with Gasteiger partial charge in [0.05, 0.1) is 23.4 Å². The third-order valence-electron chi connectivity index (χ3n) is 1.90. The van der Waals surface area contributed by atoms with E-state index in [-0.39, 0.29) is 0 Å². The summed E-state index contributed by atoms with van der Waals surface area (Å²) < 4.78 is 18.9. The summed E-state index contributed by atoms with van der Waals surface area (Å²) in [4.78, 5) is 1.87. The molecular weight excluding hydrogens is 230 g/mol. The fourth-order valence-electron chi connectivity index (χ4n) is 1.23. The summed E-state index contributed by atoms with van der Waals surface area (Å²) in [5, 5.41) is 0. The van der Waals surface area contributed by atoms with E-state index >= 15 is 0 Å². The highest BCUT2D eigenvalue weighted by Crippen LogP contribution is 2.33. The van der Waals surface area contributed by atoms with Gasteiger partial charge in [0.1, 0.15) is 6.11 Å². The van der Waals surface area contributed by atoms with Gasteiger partial charge >= 0.3 is 0 Å². The van der Waals surface area contributed by atoms with Gasteiger partial charge in [0, 0.05) is 24.4 Å². The molecule has 0 bridgehead atoms. The molecule has 78 valence electrons. The van der Waals surface area contributed by atoms with Crippen molar-refractivity contribution in [2.24, 2.45) is 0 Å². The summed E-state index contributed by atoms with van der Waals surface area (Å²) >= 11 is 0.320. The molecule has 1 N–H and O–H groups in total. The number of rotatable bonds is 1. The minimum Gasteiger partial charge on any atom is -0.592 e. The van der Waals surface area contributed by atoms with Crippen LogP contribution in [0.2, 0.25) is 0 Å². The van der Waals surface area contributed by atoms with Crippen LogP contribution in [-0.2, 0) is 22.5 Å². The molecule has 0 saturated heterocycles.